The highest BCUT2D eigenvalue weighted by atomic mass is 19.4. The van der Waals surface area contributed by atoms with Crippen LogP contribution in [0.25, 0.3) is 11.6 Å². The maximum absolute atomic E-state index is 13.0. The van der Waals surface area contributed by atoms with E-state index in [1.807, 2.05) is 7.05 Å². The maximum atomic E-state index is 13.0. The van der Waals surface area contributed by atoms with Gasteiger partial charge < -0.3 is 30.6 Å². The quantitative estimate of drug-likeness (QED) is 0.124. The number of hydrogen-bond donors (Lipinski definition) is 4. The fourth-order valence-corrected chi connectivity index (χ4v) is 4.78. The third-order valence-corrected chi connectivity index (χ3v) is 7.07. The van der Waals surface area contributed by atoms with E-state index in [2.05, 4.69) is 20.9 Å². The second-order valence-corrected chi connectivity index (χ2v) is 10.4. The summed E-state index contributed by atoms with van der Waals surface area (Å²) >= 11 is 0. The topological polar surface area (TPSA) is 116 Å². The number of nitrogens with one attached hydrogen (secondary N) is 4. The van der Waals surface area contributed by atoms with E-state index >= 15 is 0 Å². The number of aromatic nitrogens is 1. The van der Waals surface area contributed by atoms with E-state index < -0.39 is 17.6 Å². The van der Waals surface area contributed by atoms with Crippen molar-refractivity contribution in [2.75, 3.05) is 37.8 Å². The summed E-state index contributed by atoms with van der Waals surface area (Å²) in [5, 5.41) is 8.46. The SMILES string of the molecule is CNCCCN(C)C(=O)c1c[nH]c(C=C2C(=O)Nc3cc(Oc4cccc(NC(=O)c5cccc(C(F)(F)F)c5)c4)ccc32)c1. The molecule has 45 heavy (non-hydrogen) atoms. The number of carbonyl (C=O) groups is 3. The highest BCUT2D eigenvalue weighted by molar-refractivity contribution is 6.35. The molecular formula is C33H30F3N5O4. The molecule has 1 aliphatic heterocycles. The number of benzene rings is 3. The molecule has 3 aromatic carbocycles. The minimum Gasteiger partial charge on any atom is -0.457 e. The van der Waals surface area contributed by atoms with Crippen LogP contribution in [0.4, 0.5) is 24.5 Å². The lowest BCUT2D eigenvalue weighted by Crippen LogP contribution is -2.29. The lowest BCUT2D eigenvalue weighted by molar-refractivity contribution is -0.137. The van der Waals surface area contributed by atoms with Crippen LogP contribution in [0.2, 0.25) is 0 Å². The highest BCUT2D eigenvalue weighted by Crippen LogP contribution is 2.37. The number of hydrogen-bond acceptors (Lipinski definition) is 5. The molecular weight excluding hydrogens is 587 g/mol. The summed E-state index contributed by atoms with van der Waals surface area (Å²) in [6, 6.07) is 17.3. The number of fused-ring (bicyclic) bond motifs is 1. The number of halogens is 3. The number of aromatic amines is 1. The molecule has 0 aliphatic carbocycles. The Morgan fingerprint density at radius 1 is 0.978 bits per heavy atom. The Bertz CT molecular complexity index is 1780. The molecule has 232 valence electrons. The average Bonchev–Trinajstić information content (AvgIpc) is 3.60. The number of ether oxygens (including phenoxy) is 1. The van der Waals surface area contributed by atoms with Crippen molar-refractivity contribution in [2.45, 2.75) is 12.6 Å². The van der Waals surface area contributed by atoms with Gasteiger partial charge in [0.1, 0.15) is 11.5 Å². The summed E-state index contributed by atoms with van der Waals surface area (Å²) < 4.78 is 45.1. The van der Waals surface area contributed by atoms with Crippen LogP contribution in [0.1, 0.15) is 44.0 Å². The molecule has 2 heterocycles. The van der Waals surface area contributed by atoms with E-state index in [4.69, 9.17) is 4.74 Å². The van der Waals surface area contributed by atoms with Gasteiger partial charge in [-0.25, -0.2) is 0 Å². The van der Waals surface area contributed by atoms with E-state index in [9.17, 15) is 27.6 Å². The number of rotatable bonds is 10. The third-order valence-electron chi connectivity index (χ3n) is 7.07. The van der Waals surface area contributed by atoms with Crippen molar-refractivity contribution in [3.05, 3.63) is 107 Å². The number of H-pyrrole nitrogens is 1. The Labute approximate surface area is 257 Å². The van der Waals surface area contributed by atoms with Crippen molar-refractivity contribution in [1.82, 2.24) is 15.2 Å². The van der Waals surface area contributed by atoms with Gasteiger partial charge in [-0.05, 0) is 74.6 Å². The number of nitrogens with zero attached hydrogens (tertiary/aromatic N) is 1. The molecule has 12 heteroatoms. The smallest absolute Gasteiger partial charge is 0.416 e. The number of alkyl halides is 3. The molecule has 0 radical (unpaired) electrons. The first kappa shape index (κ1) is 31.1. The van der Waals surface area contributed by atoms with Gasteiger partial charge in [-0.15, -0.1) is 0 Å². The lowest BCUT2D eigenvalue weighted by atomic mass is 10.1. The van der Waals surface area contributed by atoms with E-state index in [1.54, 1.807) is 66.7 Å². The van der Waals surface area contributed by atoms with Gasteiger partial charge in [-0.2, -0.15) is 13.2 Å². The van der Waals surface area contributed by atoms with Crippen molar-refractivity contribution in [2.24, 2.45) is 0 Å². The molecule has 4 aromatic rings. The summed E-state index contributed by atoms with van der Waals surface area (Å²) in [6.45, 7) is 1.42. The molecule has 0 saturated carbocycles. The Kier molecular flexibility index (Phi) is 9.05. The van der Waals surface area contributed by atoms with Gasteiger partial charge >= 0.3 is 6.18 Å². The molecule has 5 rings (SSSR count). The molecule has 0 saturated heterocycles. The Morgan fingerprint density at radius 3 is 2.53 bits per heavy atom. The fraction of sp³-hybridized carbons (Fsp3) is 0.182. The Hall–Kier alpha value is -5.36. The normalized spacial score (nSPS) is 13.4. The Morgan fingerprint density at radius 2 is 1.76 bits per heavy atom. The fourth-order valence-electron chi connectivity index (χ4n) is 4.78. The molecule has 0 fully saturated rings. The highest BCUT2D eigenvalue weighted by Gasteiger charge is 2.31. The maximum Gasteiger partial charge on any atom is 0.416 e. The third kappa shape index (κ3) is 7.42. The first-order valence-electron chi connectivity index (χ1n) is 14.0. The minimum absolute atomic E-state index is 0.121. The lowest BCUT2D eigenvalue weighted by Gasteiger charge is -2.15. The van der Waals surface area contributed by atoms with Gasteiger partial charge in [0.25, 0.3) is 17.7 Å². The zero-order valence-electron chi connectivity index (χ0n) is 24.4. The van der Waals surface area contributed by atoms with Gasteiger partial charge in [-0.1, -0.05) is 12.1 Å². The number of anilines is 2. The molecule has 1 aliphatic rings. The van der Waals surface area contributed by atoms with Crippen LogP contribution in [-0.2, 0) is 11.0 Å². The van der Waals surface area contributed by atoms with Crippen molar-refractivity contribution < 1.29 is 32.3 Å². The van der Waals surface area contributed by atoms with Crippen LogP contribution in [0.15, 0.2) is 79.0 Å². The molecule has 0 bridgehead atoms. The zero-order valence-corrected chi connectivity index (χ0v) is 24.4. The summed E-state index contributed by atoms with van der Waals surface area (Å²) in [7, 11) is 3.61. The summed E-state index contributed by atoms with van der Waals surface area (Å²) in [6.07, 6.45) is -0.445. The minimum atomic E-state index is -4.56. The van der Waals surface area contributed by atoms with Crippen LogP contribution < -0.4 is 20.7 Å². The van der Waals surface area contributed by atoms with E-state index in [0.29, 0.717) is 51.8 Å². The van der Waals surface area contributed by atoms with Crippen LogP contribution in [0, 0.1) is 0 Å². The van der Waals surface area contributed by atoms with Crippen molar-refractivity contribution in [3.8, 4) is 11.5 Å². The molecule has 9 nitrogen and oxygen atoms in total. The zero-order chi connectivity index (χ0) is 32.1. The van der Waals surface area contributed by atoms with Crippen molar-refractivity contribution in [3.63, 3.8) is 0 Å². The van der Waals surface area contributed by atoms with E-state index in [0.717, 1.165) is 25.1 Å². The van der Waals surface area contributed by atoms with Crippen molar-refractivity contribution in [1.29, 1.82) is 0 Å². The van der Waals surface area contributed by atoms with Crippen LogP contribution in [0.5, 0.6) is 11.5 Å². The largest absolute Gasteiger partial charge is 0.457 e. The molecule has 3 amide bonds. The number of carbonyl (C=O) groups excluding carboxylic acids is 3. The first-order valence-corrected chi connectivity index (χ1v) is 14.0. The molecule has 0 spiro atoms. The average molecular weight is 618 g/mol. The van der Waals surface area contributed by atoms with E-state index in [-0.39, 0.29) is 17.4 Å². The molecule has 0 unspecified atom stereocenters. The van der Waals surface area contributed by atoms with Gasteiger partial charge in [-0.3, -0.25) is 14.4 Å². The molecule has 0 atom stereocenters. The Balaban J connectivity index is 1.26. The van der Waals surface area contributed by atoms with Crippen LogP contribution in [-0.4, -0.2) is 54.8 Å². The van der Waals surface area contributed by atoms with Gasteiger partial charge in [0.15, 0.2) is 0 Å². The predicted molar refractivity (Wildman–Crippen MR) is 165 cm³/mol. The number of amides is 3. The monoisotopic (exact) mass is 617 g/mol. The predicted octanol–water partition coefficient (Wildman–Crippen LogP) is 6.25. The molecule has 4 N–H and O–H groups in total. The van der Waals surface area contributed by atoms with Crippen molar-refractivity contribution >= 4 is 40.7 Å². The summed E-state index contributed by atoms with van der Waals surface area (Å²) in [5.74, 6) is -0.368. The van der Waals surface area contributed by atoms with Gasteiger partial charge in [0.2, 0.25) is 0 Å². The second-order valence-electron chi connectivity index (χ2n) is 10.4. The molecule has 1 aromatic heterocycles. The van der Waals surface area contributed by atoms with E-state index in [1.165, 1.54) is 18.2 Å². The van der Waals surface area contributed by atoms with Crippen LogP contribution >= 0.6 is 0 Å². The standard InChI is InChI=1S/C33H30F3N5O4/c1-37-12-5-13-41(2)32(44)21-15-24(38-19-21)17-28-27-11-10-26(18-29(27)40-31(28)43)45-25-9-4-8-23(16-25)39-30(42)20-6-3-7-22(14-20)33(34,35)36/h3-4,6-11,14-19,37-38H,5,12-13H2,1-2H3,(H,39,42)(H,40,43). The first-order chi connectivity index (χ1) is 21.5. The summed E-state index contributed by atoms with van der Waals surface area (Å²) in [4.78, 5) is 42.9. The van der Waals surface area contributed by atoms with Crippen LogP contribution in [0.3, 0.4) is 0 Å². The summed E-state index contributed by atoms with van der Waals surface area (Å²) in [5.41, 5.74) is 1.96. The van der Waals surface area contributed by atoms with Gasteiger partial charge in [0, 0.05) is 54.4 Å². The second kappa shape index (κ2) is 13.1. The van der Waals surface area contributed by atoms with Gasteiger partial charge in [0.05, 0.1) is 22.4 Å².